The molecule has 0 spiro atoms. The Hall–Kier alpha value is -2.94. The van der Waals surface area contributed by atoms with Crippen LogP contribution in [-0.2, 0) is 4.79 Å². The van der Waals surface area contributed by atoms with E-state index in [4.69, 9.17) is 0 Å². The fourth-order valence-corrected chi connectivity index (χ4v) is 3.18. The molecule has 138 valence electrons. The van der Waals surface area contributed by atoms with Crippen LogP contribution in [0.1, 0.15) is 44.2 Å². The third kappa shape index (κ3) is 4.62. The van der Waals surface area contributed by atoms with Gasteiger partial charge in [0.2, 0.25) is 0 Å². The molecule has 27 heavy (non-hydrogen) atoms. The summed E-state index contributed by atoms with van der Waals surface area (Å²) in [5.74, 6) is -0.742. The normalized spacial score (nSPS) is 12.3. The van der Waals surface area contributed by atoms with Gasteiger partial charge in [0.25, 0.3) is 0 Å². The predicted octanol–water partition coefficient (Wildman–Crippen LogP) is 5.95. The molecule has 0 saturated carbocycles. The van der Waals surface area contributed by atoms with Gasteiger partial charge in [0.1, 0.15) is 0 Å². The topological polar surface area (TPSA) is 50.2 Å². The van der Waals surface area contributed by atoms with Crippen molar-refractivity contribution in [1.82, 2.24) is 4.98 Å². The van der Waals surface area contributed by atoms with Gasteiger partial charge in [-0.15, -0.1) is 0 Å². The van der Waals surface area contributed by atoms with Gasteiger partial charge in [-0.3, -0.25) is 9.78 Å². The first-order valence-corrected chi connectivity index (χ1v) is 9.30. The fourth-order valence-electron chi connectivity index (χ4n) is 3.18. The summed E-state index contributed by atoms with van der Waals surface area (Å²) in [6.45, 7) is 3.56. The molecule has 3 rings (SSSR count). The van der Waals surface area contributed by atoms with Gasteiger partial charge in [-0.25, -0.2) is 0 Å². The third-order valence-electron chi connectivity index (χ3n) is 4.97. The molecule has 3 nitrogen and oxygen atoms in total. The van der Waals surface area contributed by atoms with E-state index in [2.05, 4.69) is 47.5 Å². The SMILES string of the molecule is CC(C)(CCC/C=C(\c1cccnc1)c1ccc2ccccc2c1)C(=O)O. The first kappa shape index (κ1) is 18.8. The van der Waals surface area contributed by atoms with Gasteiger partial charge in [0.05, 0.1) is 5.41 Å². The van der Waals surface area contributed by atoms with Crippen LogP contribution in [0.3, 0.4) is 0 Å². The van der Waals surface area contributed by atoms with Crippen molar-refractivity contribution in [3.8, 4) is 0 Å². The van der Waals surface area contributed by atoms with E-state index < -0.39 is 11.4 Å². The maximum Gasteiger partial charge on any atom is 0.309 e. The van der Waals surface area contributed by atoms with E-state index in [1.807, 2.05) is 24.4 Å². The molecular weight excluding hydrogens is 334 g/mol. The van der Waals surface area contributed by atoms with Crippen molar-refractivity contribution in [3.05, 3.63) is 84.2 Å². The highest BCUT2D eigenvalue weighted by Crippen LogP contribution is 2.28. The van der Waals surface area contributed by atoms with E-state index in [9.17, 15) is 9.90 Å². The van der Waals surface area contributed by atoms with Crippen LogP contribution < -0.4 is 0 Å². The van der Waals surface area contributed by atoms with Crippen molar-refractivity contribution in [2.75, 3.05) is 0 Å². The quantitative estimate of drug-likeness (QED) is 0.531. The summed E-state index contributed by atoms with van der Waals surface area (Å²) >= 11 is 0. The van der Waals surface area contributed by atoms with Gasteiger partial charge in [0.15, 0.2) is 0 Å². The van der Waals surface area contributed by atoms with Crippen LogP contribution in [0.25, 0.3) is 16.3 Å². The smallest absolute Gasteiger partial charge is 0.309 e. The molecule has 0 saturated heterocycles. The average molecular weight is 359 g/mol. The minimum atomic E-state index is -0.742. The Morgan fingerprint density at radius 2 is 1.81 bits per heavy atom. The number of carboxylic acids is 1. The lowest BCUT2D eigenvalue weighted by Gasteiger charge is -2.18. The number of fused-ring (bicyclic) bond motifs is 1. The summed E-state index contributed by atoms with van der Waals surface area (Å²) in [6.07, 6.45) is 8.17. The summed E-state index contributed by atoms with van der Waals surface area (Å²) in [5.41, 5.74) is 2.68. The van der Waals surface area contributed by atoms with Crippen molar-refractivity contribution in [2.24, 2.45) is 5.41 Å². The second-order valence-corrected chi connectivity index (χ2v) is 7.50. The van der Waals surface area contributed by atoms with Crippen molar-refractivity contribution in [3.63, 3.8) is 0 Å². The Bertz CT molecular complexity index is 958. The Labute approximate surface area is 160 Å². The Kier molecular flexibility index (Phi) is 5.70. The lowest BCUT2D eigenvalue weighted by atomic mass is 9.87. The maximum absolute atomic E-state index is 11.3. The van der Waals surface area contributed by atoms with Crippen molar-refractivity contribution in [2.45, 2.75) is 33.1 Å². The van der Waals surface area contributed by atoms with Gasteiger partial charge < -0.3 is 5.11 Å². The number of hydrogen-bond acceptors (Lipinski definition) is 2. The second kappa shape index (κ2) is 8.17. The molecule has 3 aromatic rings. The highest BCUT2D eigenvalue weighted by molar-refractivity contribution is 5.89. The largest absolute Gasteiger partial charge is 0.481 e. The zero-order chi connectivity index (χ0) is 19.3. The summed E-state index contributed by atoms with van der Waals surface area (Å²) in [4.78, 5) is 15.6. The number of allylic oxidation sites excluding steroid dienone is 1. The van der Waals surface area contributed by atoms with Crippen LogP contribution in [0.5, 0.6) is 0 Å². The predicted molar refractivity (Wildman–Crippen MR) is 111 cm³/mol. The van der Waals surface area contributed by atoms with E-state index >= 15 is 0 Å². The minimum absolute atomic E-state index is 0.650. The molecule has 0 aliphatic carbocycles. The van der Waals surface area contributed by atoms with E-state index in [0.717, 1.165) is 29.5 Å². The summed E-state index contributed by atoms with van der Waals surface area (Å²) in [7, 11) is 0. The molecule has 0 amide bonds. The van der Waals surface area contributed by atoms with Crippen LogP contribution in [0.15, 0.2) is 73.1 Å². The number of aromatic nitrogens is 1. The second-order valence-electron chi connectivity index (χ2n) is 7.50. The number of benzene rings is 2. The Morgan fingerprint density at radius 1 is 1.04 bits per heavy atom. The molecule has 1 aromatic heterocycles. The number of aliphatic carboxylic acids is 1. The lowest BCUT2D eigenvalue weighted by molar-refractivity contribution is -0.147. The molecule has 3 heteroatoms. The van der Waals surface area contributed by atoms with Gasteiger partial charge >= 0.3 is 5.97 Å². The molecule has 0 aliphatic rings. The highest BCUT2D eigenvalue weighted by atomic mass is 16.4. The van der Waals surface area contributed by atoms with Crippen LogP contribution in [-0.4, -0.2) is 16.1 Å². The average Bonchev–Trinajstić information content (AvgIpc) is 2.68. The van der Waals surface area contributed by atoms with E-state index in [-0.39, 0.29) is 0 Å². The zero-order valence-corrected chi connectivity index (χ0v) is 15.9. The number of carboxylic acid groups (broad SMARTS) is 1. The molecule has 0 radical (unpaired) electrons. The molecule has 0 aliphatic heterocycles. The van der Waals surface area contributed by atoms with Crippen LogP contribution in [0.2, 0.25) is 0 Å². The molecular formula is C24H25NO2. The zero-order valence-electron chi connectivity index (χ0n) is 15.9. The van der Waals surface area contributed by atoms with E-state index in [1.54, 1.807) is 20.0 Å². The standard InChI is InChI=1S/C24H25NO2/c1-24(2,23(26)27)14-6-5-11-22(21-10-7-15-25-17-21)20-13-12-18-8-3-4-9-19(18)16-20/h3-4,7-13,15-17H,5-6,14H2,1-2H3,(H,26,27)/b22-11-. The summed E-state index contributed by atoms with van der Waals surface area (Å²) in [5, 5.41) is 11.7. The molecule has 0 fully saturated rings. The van der Waals surface area contributed by atoms with Crippen LogP contribution >= 0.6 is 0 Å². The highest BCUT2D eigenvalue weighted by Gasteiger charge is 2.25. The first-order chi connectivity index (χ1) is 13.0. The number of nitrogens with zero attached hydrogens (tertiary/aromatic N) is 1. The van der Waals surface area contributed by atoms with Gasteiger partial charge in [-0.2, -0.15) is 0 Å². The van der Waals surface area contributed by atoms with Crippen LogP contribution in [0.4, 0.5) is 0 Å². The Morgan fingerprint density at radius 3 is 2.52 bits per heavy atom. The van der Waals surface area contributed by atoms with Crippen molar-refractivity contribution in [1.29, 1.82) is 0 Å². The first-order valence-electron chi connectivity index (χ1n) is 9.30. The lowest BCUT2D eigenvalue weighted by Crippen LogP contribution is -2.23. The minimum Gasteiger partial charge on any atom is -0.481 e. The molecule has 1 heterocycles. The number of hydrogen-bond donors (Lipinski definition) is 1. The molecule has 0 atom stereocenters. The molecule has 1 N–H and O–H groups in total. The number of unbranched alkanes of at least 4 members (excludes halogenated alkanes) is 1. The van der Waals surface area contributed by atoms with Crippen LogP contribution in [0, 0.1) is 5.41 Å². The fraction of sp³-hybridized carbons (Fsp3) is 0.250. The molecule has 2 aromatic carbocycles. The Balaban J connectivity index is 1.88. The maximum atomic E-state index is 11.3. The monoisotopic (exact) mass is 359 g/mol. The molecule has 0 bridgehead atoms. The summed E-state index contributed by atoms with van der Waals surface area (Å²) < 4.78 is 0. The van der Waals surface area contributed by atoms with Gasteiger partial charge in [-0.05, 0) is 67.2 Å². The number of rotatable bonds is 7. The van der Waals surface area contributed by atoms with Gasteiger partial charge in [0, 0.05) is 18.0 Å². The van der Waals surface area contributed by atoms with Crippen molar-refractivity contribution < 1.29 is 9.90 Å². The summed E-state index contributed by atoms with van der Waals surface area (Å²) in [6, 6.07) is 18.8. The van der Waals surface area contributed by atoms with E-state index in [0.29, 0.717) is 6.42 Å². The molecule has 0 unspecified atom stereocenters. The third-order valence-corrected chi connectivity index (χ3v) is 4.97. The van der Waals surface area contributed by atoms with E-state index in [1.165, 1.54) is 10.8 Å². The van der Waals surface area contributed by atoms with Gasteiger partial charge in [-0.1, -0.05) is 48.5 Å². The number of carbonyl (C=O) groups is 1. The number of pyridine rings is 1. The van der Waals surface area contributed by atoms with Crippen molar-refractivity contribution >= 4 is 22.3 Å².